The molecule has 0 unspecified atom stereocenters. The average Bonchev–Trinajstić information content (AvgIpc) is 3.56. The maximum atomic E-state index is 12.6. The van der Waals surface area contributed by atoms with Crippen LogP contribution in [0.5, 0.6) is 0 Å². The fourth-order valence-corrected chi connectivity index (χ4v) is 6.97. The van der Waals surface area contributed by atoms with Gasteiger partial charge in [-0.2, -0.15) is 4.99 Å². The van der Waals surface area contributed by atoms with E-state index in [1.165, 1.54) is 36.9 Å². The standard InChI is InChI=1S/C25H23N3O6S3/c1-4-10-28-16-9-8-14(23(31)33-2)11-18(16)37-25(28)27-20(30)13-35-12-19(29)26-22-21(24(32)34-3)15-6-5-7-17(15)36-22/h1,8-9,11H,5-7,10,12-13H2,2-3H3,(H,26,29). The lowest BCUT2D eigenvalue weighted by atomic mass is 10.1. The van der Waals surface area contributed by atoms with Gasteiger partial charge < -0.3 is 19.4 Å². The van der Waals surface area contributed by atoms with Crippen LogP contribution in [0.25, 0.3) is 10.2 Å². The Hall–Kier alpha value is -3.40. The van der Waals surface area contributed by atoms with E-state index in [-0.39, 0.29) is 24.0 Å². The van der Waals surface area contributed by atoms with Gasteiger partial charge in [-0.15, -0.1) is 29.5 Å². The highest BCUT2D eigenvalue weighted by Crippen LogP contribution is 2.39. The van der Waals surface area contributed by atoms with Gasteiger partial charge in [-0.3, -0.25) is 9.59 Å². The molecule has 0 atom stereocenters. The van der Waals surface area contributed by atoms with Gasteiger partial charge in [0.25, 0.3) is 5.91 Å². The molecule has 2 amide bonds. The van der Waals surface area contributed by atoms with Crippen LogP contribution in [0, 0.1) is 12.3 Å². The third-order valence-corrected chi connectivity index (χ3v) is 8.76. The number of thiazole rings is 1. The zero-order valence-corrected chi connectivity index (χ0v) is 22.6. The molecule has 192 valence electrons. The van der Waals surface area contributed by atoms with Gasteiger partial charge in [0, 0.05) is 4.88 Å². The number of nitrogens with zero attached hydrogens (tertiary/aromatic N) is 2. The van der Waals surface area contributed by atoms with Crippen molar-refractivity contribution in [3.8, 4) is 12.3 Å². The maximum absolute atomic E-state index is 12.6. The second-order valence-corrected chi connectivity index (χ2v) is 11.0. The maximum Gasteiger partial charge on any atom is 0.341 e. The summed E-state index contributed by atoms with van der Waals surface area (Å²) in [5, 5.41) is 3.29. The number of aryl methyl sites for hydroxylation is 1. The van der Waals surface area contributed by atoms with Crippen LogP contribution in [0.2, 0.25) is 0 Å². The number of thioether (sulfide) groups is 1. The lowest BCUT2D eigenvalue weighted by Gasteiger charge is -2.06. The van der Waals surface area contributed by atoms with Crippen LogP contribution in [0.3, 0.4) is 0 Å². The average molecular weight is 558 g/mol. The quantitative estimate of drug-likeness (QED) is 0.334. The summed E-state index contributed by atoms with van der Waals surface area (Å²) >= 11 is 3.76. The number of hydrogen-bond acceptors (Lipinski definition) is 9. The van der Waals surface area contributed by atoms with Crippen LogP contribution in [-0.4, -0.2) is 54.0 Å². The molecule has 2 heterocycles. The van der Waals surface area contributed by atoms with Crippen molar-refractivity contribution >= 4 is 73.4 Å². The molecule has 0 bridgehead atoms. The van der Waals surface area contributed by atoms with Crippen molar-refractivity contribution in [1.29, 1.82) is 0 Å². The van der Waals surface area contributed by atoms with Gasteiger partial charge in [0.05, 0.1) is 53.6 Å². The van der Waals surface area contributed by atoms with Crippen LogP contribution in [0.4, 0.5) is 5.00 Å². The predicted octanol–water partition coefficient (Wildman–Crippen LogP) is 3.26. The molecule has 0 saturated carbocycles. The molecular formula is C25H23N3O6S3. The Labute approximate surface area is 224 Å². The van der Waals surface area contributed by atoms with E-state index in [1.54, 1.807) is 22.8 Å². The highest BCUT2D eigenvalue weighted by atomic mass is 32.2. The zero-order valence-electron chi connectivity index (χ0n) is 20.1. The first-order chi connectivity index (χ1) is 17.9. The molecule has 3 aromatic rings. The Kier molecular flexibility index (Phi) is 8.48. The molecule has 37 heavy (non-hydrogen) atoms. The van der Waals surface area contributed by atoms with E-state index in [0.29, 0.717) is 20.9 Å². The smallest absolute Gasteiger partial charge is 0.341 e. The summed E-state index contributed by atoms with van der Waals surface area (Å²) in [6, 6.07) is 5.04. The molecule has 2 aromatic heterocycles. The number of thiophene rings is 1. The Morgan fingerprint density at radius 2 is 1.92 bits per heavy atom. The van der Waals surface area contributed by atoms with Gasteiger partial charge in [0.2, 0.25) is 5.91 Å². The monoisotopic (exact) mass is 557 g/mol. The fourth-order valence-electron chi connectivity index (χ4n) is 3.99. The number of carbonyl (C=O) groups excluding carboxylic acids is 4. The summed E-state index contributed by atoms with van der Waals surface area (Å²) in [7, 11) is 2.63. The minimum Gasteiger partial charge on any atom is -0.465 e. The third-order valence-electron chi connectivity index (χ3n) is 5.60. The topological polar surface area (TPSA) is 116 Å². The molecule has 0 saturated heterocycles. The lowest BCUT2D eigenvalue weighted by Crippen LogP contribution is -2.19. The number of hydrogen-bond donors (Lipinski definition) is 1. The highest BCUT2D eigenvalue weighted by molar-refractivity contribution is 8.00. The highest BCUT2D eigenvalue weighted by Gasteiger charge is 2.28. The second kappa shape index (κ2) is 11.8. The number of esters is 2. The molecular weight excluding hydrogens is 534 g/mol. The summed E-state index contributed by atoms with van der Waals surface area (Å²) < 4.78 is 12.1. The number of rotatable bonds is 8. The number of terminal acetylenes is 1. The molecule has 1 aliphatic carbocycles. The molecule has 9 nitrogen and oxygen atoms in total. The first-order valence-electron chi connectivity index (χ1n) is 11.2. The number of benzene rings is 1. The van der Waals surface area contributed by atoms with E-state index >= 15 is 0 Å². The second-order valence-electron chi connectivity index (χ2n) is 7.95. The van der Waals surface area contributed by atoms with Gasteiger partial charge in [-0.1, -0.05) is 17.3 Å². The normalized spacial score (nSPS) is 12.7. The Bertz CT molecular complexity index is 1510. The Morgan fingerprint density at radius 3 is 2.65 bits per heavy atom. The van der Waals surface area contributed by atoms with Crippen molar-refractivity contribution in [2.45, 2.75) is 25.8 Å². The van der Waals surface area contributed by atoms with E-state index in [2.05, 4.69) is 16.2 Å². The van der Waals surface area contributed by atoms with Crippen molar-refractivity contribution < 1.29 is 28.7 Å². The van der Waals surface area contributed by atoms with Crippen molar-refractivity contribution in [2.75, 3.05) is 31.0 Å². The minimum absolute atomic E-state index is 0.0176. The summed E-state index contributed by atoms with van der Waals surface area (Å²) in [5.74, 6) is 0.889. The van der Waals surface area contributed by atoms with Crippen LogP contribution in [-0.2, 0) is 38.4 Å². The number of amides is 2. The lowest BCUT2D eigenvalue weighted by molar-refractivity contribution is -0.115. The van der Waals surface area contributed by atoms with E-state index in [1.807, 2.05) is 0 Å². The van der Waals surface area contributed by atoms with Crippen molar-refractivity contribution in [3.05, 3.63) is 44.6 Å². The Morgan fingerprint density at radius 1 is 1.14 bits per heavy atom. The number of nitrogens with one attached hydrogen (secondary N) is 1. The van der Waals surface area contributed by atoms with Crippen LogP contribution >= 0.6 is 34.4 Å². The van der Waals surface area contributed by atoms with Gasteiger partial charge in [0.15, 0.2) is 4.80 Å². The predicted molar refractivity (Wildman–Crippen MR) is 144 cm³/mol. The molecule has 0 radical (unpaired) electrons. The van der Waals surface area contributed by atoms with Gasteiger partial charge in [-0.05, 0) is 43.0 Å². The van der Waals surface area contributed by atoms with E-state index in [4.69, 9.17) is 15.9 Å². The molecule has 12 heteroatoms. The number of aromatic nitrogens is 1. The first-order valence-corrected chi connectivity index (χ1v) is 14.0. The number of fused-ring (bicyclic) bond motifs is 2. The van der Waals surface area contributed by atoms with Crippen molar-refractivity contribution in [2.24, 2.45) is 4.99 Å². The number of carbonyl (C=O) groups is 4. The van der Waals surface area contributed by atoms with Crippen molar-refractivity contribution in [3.63, 3.8) is 0 Å². The number of ether oxygens (including phenoxy) is 2. The molecule has 4 rings (SSSR count). The van der Waals surface area contributed by atoms with Crippen LogP contribution in [0.15, 0.2) is 23.2 Å². The third kappa shape index (κ3) is 5.79. The fraction of sp³-hybridized carbons (Fsp3) is 0.320. The zero-order chi connectivity index (χ0) is 26.5. The van der Waals surface area contributed by atoms with Gasteiger partial charge in [0.1, 0.15) is 5.00 Å². The van der Waals surface area contributed by atoms with Crippen LogP contribution < -0.4 is 10.1 Å². The Balaban J connectivity index is 1.43. The molecule has 0 fully saturated rings. The first kappa shape index (κ1) is 26.7. The van der Waals surface area contributed by atoms with Crippen molar-refractivity contribution in [1.82, 2.24) is 4.57 Å². The number of anilines is 1. The summed E-state index contributed by atoms with van der Waals surface area (Å²) in [6.45, 7) is 0.201. The molecule has 1 aliphatic rings. The van der Waals surface area contributed by atoms with Gasteiger partial charge in [-0.25, -0.2) is 9.59 Å². The van der Waals surface area contributed by atoms with E-state index < -0.39 is 17.8 Å². The molecule has 1 aromatic carbocycles. The van der Waals surface area contributed by atoms with E-state index in [0.717, 1.165) is 51.7 Å². The molecule has 0 spiro atoms. The largest absolute Gasteiger partial charge is 0.465 e. The van der Waals surface area contributed by atoms with Gasteiger partial charge >= 0.3 is 11.9 Å². The summed E-state index contributed by atoms with van der Waals surface area (Å²) in [5.41, 5.74) is 2.52. The molecule has 0 aliphatic heterocycles. The number of methoxy groups -OCH3 is 2. The summed E-state index contributed by atoms with van der Waals surface area (Å²) in [6.07, 6.45) is 8.16. The summed E-state index contributed by atoms with van der Waals surface area (Å²) in [4.78, 5) is 54.9. The molecule has 1 N–H and O–H groups in total. The SMILES string of the molecule is C#CCn1c(=NC(=O)CSCC(=O)Nc2sc3c(c2C(=O)OC)CCC3)sc2cc(C(=O)OC)ccc21. The van der Waals surface area contributed by atoms with Crippen LogP contribution in [0.1, 0.15) is 37.6 Å². The minimum atomic E-state index is -0.464. The van der Waals surface area contributed by atoms with E-state index in [9.17, 15) is 19.2 Å².